The number of benzene rings is 1. The Bertz CT molecular complexity index is 636. The summed E-state index contributed by atoms with van der Waals surface area (Å²) in [6.45, 7) is 1.73. The van der Waals surface area contributed by atoms with Gasteiger partial charge in [0.1, 0.15) is 17.7 Å². The fraction of sp³-hybridized carbons (Fsp3) is 0.0714. The number of Topliss-reactive ketones (excluding diaryl/α,β-unsaturated/α-hetero) is 1. The Morgan fingerprint density at radius 3 is 2.29 bits per heavy atom. The molecule has 3 nitrogen and oxygen atoms in total. The molecule has 0 amide bonds. The Hall–Kier alpha value is -2.65. The van der Waals surface area contributed by atoms with Gasteiger partial charge < -0.3 is 0 Å². The molecule has 2 rings (SSSR count). The minimum absolute atomic E-state index is 0.0172. The van der Waals surface area contributed by atoms with Crippen LogP contribution in [-0.2, 0) is 0 Å². The second-order valence-electron chi connectivity index (χ2n) is 3.55. The van der Waals surface area contributed by atoms with E-state index in [4.69, 9.17) is 10.5 Å². The van der Waals surface area contributed by atoms with Crippen LogP contribution in [0.5, 0.6) is 0 Å². The quantitative estimate of drug-likeness (QED) is 0.498. The number of hydrogen-bond acceptors (Lipinski definition) is 3. The number of rotatable bonds is 0. The fourth-order valence-electron chi connectivity index (χ4n) is 1.98. The highest BCUT2D eigenvalue weighted by molar-refractivity contribution is 6.27. The molecule has 0 saturated carbocycles. The summed E-state index contributed by atoms with van der Waals surface area (Å²) in [4.78, 5) is 12.1. The molecule has 17 heavy (non-hydrogen) atoms. The maximum Gasteiger partial charge on any atom is 0.194 e. The third-order valence-corrected chi connectivity index (χ3v) is 2.72. The first-order chi connectivity index (χ1) is 8.24. The predicted octanol–water partition coefficient (Wildman–Crippen LogP) is 2.63. The second-order valence-corrected chi connectivity index (χ2v) is 3.55. The molecular weight excluding hydrogens is 212 g/mol. The summed E-state index contributed by atoms with van der Waals surface area (Å²) >= 11 is 0. The lowest BCUT2D eigenvalue weighted by Gasteiger charge is -1.99. The lowest BCUT2D eigenvalue weighted by atomic mass is 10.00. The first-order valence-corrected chi connectivity index (χ1v) is 5.09. The molecule has 0 aliphatic heterocycles. The van der Waals surface area contributed by atoms with Crippen molar-refractivity contribution in [2.45, 2.75) is 6.92 Å². The van der Waals surface area contributed by atoms with Gasteiger partial charge in [0.2, 0.25) is 0 Å². The normalized spacial score (nSPS) is 15.4. The Morgan fingerprint density at radius 1 is 1.18 bits per heavy atom. The zero-order chi connectivity index (χ0) is 12.4. The number of ketones is 1. The van der Waals surface area contributed by atoms with Gasteiger partial charge in [0.15, 0.2) is 5.78 Å². The predicted molar refractivity (Wildman–Crippen MR) is 62.7 cm³/mol. The standard InChI is InChI=1S/C14H8N2O/c1-2-10-13(9(7-15)8-16)11-5-3-4-6-12(11)14(10)17/h2-6H,1H3/b10-2-. The fourth-order valence-corrected chi connectivity index (χ4v) is 1.98. The third-order valence-electron chi connectivity index (χ3n) is 2.72. The molecule has 1 aliphatic rings. The van der Waals surface area contributed by atoms with Gasteiger partial charge in [-0.15, -0.1) is 0 Å². The Labute approximate surface area is 98.9 Å². The van der Waals surface area contributed by atoms with Crippen molar-refractivity contribution in [1.29, 1.82) is 10.5 Å². The number of carbonyl (C=O) groups excluding carboxylic acids is 1. The van der Waals surface area contributed by atoms with Crippen LogP contribution in [0.1, 0.15) is 22.8 Å². The molecule has 0 bridgehead atoms. The summed E-state index contributed by atoms with van der Waals surface area (Å²) in [5.41, 5.74) is 2.10. The highest BCUT2D eigenvalue weighted by Crippen LogP contribution is 2.38. The van der Waals surface area contributed by atoms with Crippen LogP contribution in [0.4, 0.5) is 0 Å². The summed E-state index contributed by atoms with van der Waals surface area (Å²) in [6, 6.07) is 10.7. The molecule has 0 saturated heterocycles. The maximum atomic E-state index is 12.1. The highest BCUT2D eigenvalue weighted by atomic mass is 16.1. The van der Waals surface area contributed by atoms with Gasteiger partial charge in [0.25, 0.3) is 0 Å². The molecule has 3 heteroatoms. The molecular formula is C14H8N2O. The molecule has 1 aromatic carbocycles. The zero-order valence-electron chi connectivity index (χ0n) is 9.19. The van der Waals surface area contributed by atoms with E-state index in [1.165, 1.54) is 0 Å². The van der Waals surface area contributed by atoms with Crippen molar-refractivity contribution in [3.05, 3.63) is 52.6 Å². The van der Waals surface area contributed by atoms with E-state index in [1.807, 2.05) is 12.1 Å². The number of carbonyl (C=O) groups is 1. The first-order valence-electron chi connectivity index (χ1n) is 5.09. The van der Waals surface area contributed by atoms with Gasteiger partial charge in [-0.3, -0.25) is 4.79 Å². The third kappa shape index (κ3) is 1.46. The lowest BCUT2D eigenvalue weighted by Crippen LogP contribution is -1.94. The van der Waals surface area contributed by atoms with Crippen molar-refractivity contribution >= 4 is 11.4 Å². The monoisotopic (exact) mass is 220 g/mol. The molecule has 1 aromatic rings. The van der Waals surface area contributed by atoms with E-state index in [0.29, 0.717) is 22.3 Å². The number of nitriles is 2. The number of fused-ring (bicyclic) bond motifs is 1. The van der Waals surface area contributed by atoms with Gasteiger partial charge in [-0.1, -0.05) is 30.3 Å². The van der Waals surface area contributed by atoms with E-state index in [1.54, 1.807) is 37.3 Å². The van der Waals surface area contributed by atoms with Crippen LogP contribution in [0, 0.1) is 22.7 Å². The van der Waals surface area contributed by atoms with Gasteiger partial charge in [-0.05, 0) is 12.5 Å². The molecule has 0 N–H and O–H groups in total. The van der Waals surface area contributed by atoms with Gasteiger partial charge in [-0.25, -0.2) is 0 Å². The van der Waals surface area contributed by atoms with Crippen molar-refractivity contribution in [3.8, 4) is 12.1 Å². The Morgan fingerprint density at radius 2 is 1.76 bits per heavy atom. The summed E-state index contributed by atoms with van der Waals surface area (Å²) in [5, 5.41) is 17.9. The van der Waals surface area contributed by atoms with Gasteiger partial charge in [0.05, 0.1) is 0 Å². The van der Waals surface area contributed by atoms with Gasteiger partial charge >= 0.3 is 0 Å². The summed E-state index contributed by atoms with van der Waals surface area (Å²) < 4.78 is 0. The van der Waals surface area contributed by atoms with Crippen LogP contribution in [0.25, 0.3) is 5.57 Å². The van der Waals surface area contributed by atoms with Crippen molar-refractivity contribution < 1.29 is 4.79 Å². The molecule has 80 valence electrons. The smallest absolute Gasteiger partial charge is 0.194 e. The Balaban J connectivity index is 2.87. The molecule has 0 radical (unpaired) electrons. The Kier molecular flexibility index (Phi) is 2.60. The number of nitrogens with zero attached hydrogens (tertiary/aromatic N) is 2. The van der Waals surface area contributed by atoms with Crippen LogP contribution in [-0.4, -0.2) is 5.78 Å². The first kappa shape index (κ1) is 10.9. The van der Waals surface area contributed by atoms with Crippen molar-refractivity contribution in [3.63, 3.8) is 0 Å². The van der Waals surface area contributed by atoms with Crippen LogP contribution in [0.2, 0.25) is 0 Å². The van der Waals surface area contributed by atoms with Gasteiger partial charge in [-0.2, -0.15) is 10.5 Å². The molecule has 0 atom stereocenters. The van der Waals surface area contributed by atoms with E-state index in [9.17, 15) is 4.79 Å². The van der Waals surface area contributed by atoms with E-state index in [-0.39, 0.29) is 11.4 Å². The van der Waals surface area contributed by atoms with Crippen LogP contribution >= 0.6 is 0 Å². The molecule has 0 unspecified atom stereocenters. The molecule has 1 aliphatic carbocycles. The second kappa shape index (κ2) is 4.08. The van der Waals surface area contributed by atoms with Crippen LogP contribution < -0.4 is 0 Å². The molecule has 0 heterocycles. The highest BCUT2D eigenvalue weighted by Gasteiger charge is 2.31. The minimum atomic E-state index is -0.124. The minimum Gasteiger partial charge on any atom is -0.289 e. The molecule has 0 spiro atoms. The summed E-state index contributed by atoms with van der Waals surface area (Å²) in [7, 11) is 0. The zero-order valence-corrected chi connectivity index (χ0v) is 9.19. The average Bonchev–Trinajstić information content (AvgIpc) is 2.65. The largest absolute Gasteiger partial charge is 0.289 e. The lowest BCUT2D eigenvalue weighted by molar-refractivity contribution is 0.104. The van der Waals surface area contributed by atoms with Gasteiger partial charge in [0, 0.05) is 16.7 Å². The molecule has 0 aromatic heterocycles. The van der Waals surface area contributed by atoms with E-state index >= 15 is 0 Å². The number of allylic oxidation sites excluding steroid dienone is 4. The van der Waals surface area contributed by atoms with Crippen molar-refractivity contribution in [2.24, 2.45) is 0 Å². The topological polar surface area (TPSA) is 64.7 Å². The number of hydrogen-bond donors (Lipinski definition) is 0. The SMILES string of the molecule is C/C=C1\C(=O)c2ccccc2C1=C(C#N)C#N. The molecule has 0 fully saturated rings. The summed E-state index contributed by atoms with van der Waals surface area (Å²) in [5.74, 6) is -0.124. The van der Waals surface area contributed by atoms with E-state index in [2.05, 4.69) is 0 Å². The van der Waals surface area contributed by atoms with Crippen molar-refractivity contribution in [1.82, 2.24) is 0 Å². The van der Waals surface area contributed by atoms with Crippen molar-refractivity contribution in [2.75, 3.05) is 0 Å². The maximum absolute atomic E-state index is 12.1. The summed E-state index contributed by atoms with van der Waals surface area (Å²) in [6.07, 6.45) is 1.65. The van der Waals surface area contributed by atoms with E-state index < -0.39 is 0 Å². The average molecular weight is 220 g/mol. The van der Waals surface area contributed by atoms with E-state index in [0.717, 1.165) is 0 Å². The van der Waals surface area contributed by atoms with Crippen LogP contribution in [0.15, 0.2) is 41.5 Å². The van der Waals surface area contributed by atoms with Crippen LogP contribution in [0.3, 0.4) is 0 Å².